The predicted molar refractivity (Wildman–Crippen MR) is 73.2 cm³/mol. The van der Waals surface area contributed by atoms with Crippen molar-refractivity contribution in [1.29, 1.82) is 0 Å². The van der Waals surface area contributed by atoms with Gasteiger partial charge in [-0.3, -0.25) is 4.79 Å². The minimum atomic E-state index is 0.0688. The standard InChI is InChI=1S/C14H19NOS/c1-11(14(16)15-13-7-8-13)17-10-9-12-5-3-2-4-6-12/h2-6,11,13H,7-10H2,1H3,(H,15,16)/t11-/m1/s1. The van der Waals surface area contributed by atoms with Crippen LogP contribution in [0.2, 0.25) is 0 Å². The van der Waals surface area contributed by atoms with E-state index in [0.29, 0.717) is 6.04 Å². The third kappa shape index (κ3) is 4.43. The maximum absolute atomic E-state index is 11.7. The van der Waals surface area contributed by atoms with Crippen LogP contribution >= 0.6 is 11.8 Å². The van der Waals surface area contributed by atoms with Gasteiger partial charge in [0.25, 0.3) is 0 Å². The molecular formula is C14H19NOS. The minimum absolute atomic E-state index is 0.0688. The molecule has 1 aromatic carbocycles. The van der Waals surface area contributed by atoms with E-state index in [9.17, 15) is 4.79 Å². The van der Waals surface area contributed by atoms with Gasteiger partial charge in [0.2, 0.25) is 5.91 Å². The van der Waals surface area contributed by atoms with Gasteiger partial charge < -0.3 is 5.32 Å². The molecule has 1 aliphatic carbocycles. The van der Waals surface area contributed by atoms with Crippen molar-refractivity contribution in [2.24, 2.45) is 0 Å². The average molecular weight is 249 g/mol. The summed E-state index contributed by atoms with van der Waals surface area (Å²) in [4.78, 5) is 11.7. The molecule has 1 saturated carbocycles. The minimum Gasteiger partial charge on any atom is -0.352 e. The van der Waals surface area contributed by atoms with E-state index < -0.39 is 0 Å². The summed E-state index contributed by atoms with van der Waals surface area (Å²) in [6, 6.07) is 10.9. The lowest BCUT2D eigenvalue weighted by molar-refractivity contribution is -0.120. The summed E-state index contributed by atoms with van der Waals surface area (Å²) in [5.74, 6) is 1.20. The first kappa shape index (κ1) is 12.5. The first-order valence-corrected chi connectivity index (χ1v) is 7.26. The average Bonchev–Trinajstić information content (AvgIpc) is 3.14. The molecule has 0 unspecified atom stereocenters. The maximum atomic E-state index is 11.7. The summed E-state index contributed by atoms with van der Waals surface area (Å²) >= 11 is 1.74. The largest absolute Gasteiger partial charge is 0.352 e. The molecule has 0 heterocycles. The van der Waals surface area contributed by atoms with Gasteiger partial charge in [-0.25, -0.2) is 0 Å². The van der Waals surface area contributed by atoms with Gasteiger partial charge in [0.05, 0.1) is 5.25 Å². The lowest BCUT2D eigenvalue weighted by atomic mass is 10.2. The molecule has 0 bridgehead atoms. The molecule has 92 valence electrons. The molecular weight excluding hydrogens is 230 g/mol. The number of aryl methyl sites for hydroxylation is 1. The van der Waals surface area contributed by atoms with Gasteiger partial charge in [0.15, 0.2) is 0 Å². The first-order chi connectivity index (χ1) is 8.25. The molecule has 0 aliphatic heterocycles. The van der Waals surface area contributed by atoms with Crippen molar-refractivity contribution < 1.29 is 4.79 Å². The topological polar surface area (TPSA) is 29.1 Å². The quantitative estimate of drug-likeness (QED) is 0.839. The Bertz CT molecular complexity index is 362. The van der Waals surface area contributed by atoms with E-state index in [2.05, 4.69) is 29.6 Å². The van der Waals surface area contributed by atoms with E-state index >= 15 is 0 Å². The number of carbonyl (C=O) groups is 1. The summed E-state index contributed by atoms with van der Waals surface area (Å²) in [5.41, 5.74) is 1.34. The highest BCUT2D eigenvalue weighted by Crippen LogP contribution is 2.20. The van der Waals surface area contributed by atoms with Crippen molar-refractivity contribution in [3.8, 4) is 0 Å². The number of benzene rings is 1. The molecule has 1 N–H and O–H groups in total. The molecule has 2 rings (SSSR count). The lowest BCUT2D eigenvalue weighted by Gasteiger charge is -2.11. The van der Waals surface area contributed by atoms with Gasteiger partial charge >= 0.3 is 0 Å². The van der Waals surface area contributed by atoms with E-state index in [0.717, 1.165) is 25.0 Å². The van der Waals surface area contributed by atoms with Gasteiger partial charge in [-0.1, -0.05) is 30.3 Å². The Hall–Kier alpha value is -0.960. The van der Waals surface area contributed by atoms with Crippen LogP contribution in [0.4, 0.5) is 0 Å². The first-order valence-electron chi connectivity index (χ1n) is 6.21. The Labute approximate surface area is 107 Å². The van der Waals surface area contributed by atoms with Crippen molar-refractivity contribution in [1.82, 2.24) is 5.32 Å². The molecule has 1 amide bonds. The number of carbonyl (C=O) groups excluding carboxylic acids is 1. The normalized spacial score (nSPS) is 16.5. The molecule has 1 atom stereocenters. The summed E-state index contributed by atoms with van der Waals surface area (Å²) in [6.45, 7) is 1.99. The van der Waals surface area contributed by atoms with Gasteiger partial charge in [0.1, 0.15) is 0 Å². The molecule has 1 fully saturated rings. The fraction of sp³-hybridized carbons (Fsp3) is 0.500. The fourth-order valence-electron chi connectivity index (χ4n) is 1.62. The van der Waals surface area contributed by atoms with Crippen molar-refractivity contribution in [3.05, 3.63) is 35.9 Å². The summed E-state index contributed by atoms with van der Waals surface area (Å²) in [5, 5.41) is 3.11. The zero-order valence-electron chi connectivity index (χ0n) is 10.2. The van der Waals surface area contributed by atoms with Crippen LogP contribution in [-0.2, 0) is 11.2 Å². The number of hydrogen-bond donors (Lipinski definition) is 1. The molecule has 2 nitrogen and oxygen atoms in total. The summed E-state index contributed by atoms with van der Waals surface area (Å²) in [6.07, 6.45) is 3.35. The van der Waals surface area contributed by atoms with E-state index in [1.165, 1.54) is 5.56 Å². The molecule has 0 aromatic heterocycles. The zero-order chi connectivity index (χ0) is 12.1. The number of amides is 1. The van der Waals surface area contributed by atoms with Crippen LogP contribution in [0.1, 0.15) is 25.3 Å². The summed E-state index contributed by atoms with van der Waals surface area (Å²) in [7, 11) is 0. The fourth-order valence-corrected chi connectivity index (χ4v) is 2.55. The highest BCUT2D eigenvalue weighted by atomic mass is 32.2. The Balaban J connectivity index is 1.65. The van der Waals surface area contributed by atoms with Crippen LogP contribution in [-0.4, -0.2) is 23.0 Å². The lowest BCUT2D eigenvalue weighted by Crippen LogP contribution is -2.32. The molecule has 1 aliphatic rings. The van der Waals surface area contributed by atoms with Crippen LogP contribution < -0.4 is 5.32 Å². The molecule has 0 radical (unpaired) electrons. The van der Waals surface area contributed by atoms with Crippen molar-refractivity contribution in [3.63, 3.8) is 0 Å². The van der Waals surface area contributed by atoms with E-state index in [1.54, 1.807) is 11.8 Å². The second-order valence-corrected chi connectivity index (χ2v) is 5.98. The van der Waals surface area contributed by atoms with Crippen LogP contribution in [0.3, 0.4) is 0 Å². The van der Waals surface area contributed by atoms with Gasteiger partial charge in [0, 0.05) is 6.04 Å². The second-order valence-electron chi connectivity index (χ2n) is 4.53. The highest BCUT2D eigenvalue weighted by molar-refractivity contribution is 8.00. The highest BCUT2D eigenvalue weighted by Gasteiger charge is 2.25. The number of rotatable bonds is 6. The monoisotopic (exact) mass is 249 g/mol. The van der Waals surface area contributed by atoms with Crippen molar-refractivity contribution in [2.75, 3.05) is 5.75 Å². The van der Waals surface area contributed by atoms with Crippen molar-refractivity contribution in [2.45, 2.75) is 37.5 Å². The third-order valence-corrected chi connectivity index (χ3v) is 4.05. The zero-order valence-corrected chi connectivity index (χ0v) is 11.0. The Kier molecular flexibility index (Phi) is 4.49. The van der Waals surface area contributed by atoms with Gasteiger partial charge in [-0.15, -0.1) is 11.8 Å². The molecule has 0 saturated heterocycles. The van der Waals surface area contributed by atoms with Crippen LogP contribution in [0, 0.1) is 0 Å². The number of thioether (sulfide) groups is 1. The second kappa shape index (κ2) is 6.10. The van der Waals surface area contributed by atoms with Crippen LogP contribution in [0.5, 0.6) is 0 Å². The SMILES string of the molecule is C[C@@H](SCCc1ccccc1)C(=O)NC1CC1. The summed E-state index contributed by atoms with van der Waals surface area (Å²) < 4.78 is 0. The van der Waals surface area contributed by atoms with Crippen LogP contribution in [0.15, 0.2) is 30.3 Å². The van der Waals surface area contributed by atoms with Crippen LogP contribution in [0.25, 0.3) is 0 Å². The Morgan fingerprint density at radius 3 is 2.76 bits per heavy atom. The molecule has 3 heteroatoms. The third-order valence-electron chi connectivity index (χ3n) is 2.89. The van der Waals surface area contributed by atoms with E-state index in [1.807, 2.05) is 13.0 Å². The Morgan fingerprint density at radius 2 is 2.12 bits per heavy atom. The predicted octanol–water partition coefficient (Wildman–Crippen LogP) is 2.63. The molecule has 17 heavy (non-hydrogen) atoms. The van der Waals surface area contributed by atoms with E-state index in [-0.39, 0.29) is 11.2 Å². The Morgan fingerprint density at radius 1 is 1.41 bits per heavy atom. The number of hydrogen-bond acceptors (Lipinski definition) is 2. The number of nitrogens with one attached hydrogen (secondary N) is 1. The van der Waals surface area contributed by atoms with Gasteiger partial charge in [-0.2, -0.15) is 0 Å². The van der Waals surface area contributed by atoms with E-state index in [4.69, 9.17) is 0 Å². The van der Waals surface area contributed by atoms with Gasteiger partial charge in [-0.05, 0) is 37.5 Å². The smallest absolute Gasteiger partial charge is 0.233 e. The molecule has 0 spiro atoms. The van der Waals surface area contributed by atoms with Crippen molar-refractivity contribution >= 4 is 17.7 Å². The molecule has 1 aromatic rings. The maximum Gasteiger partial charge on any atom is 0.233 e.